The van der Waals surface area contributed by atoms with Gasteiger partial charge in [0.15, 0.2) is 0 Å². The molecule has 4 aromatic rings. The van der Waals surface area contributed by atoms with Crippen LogP contribution in [-0.4, -0.2) is 27.9 Å². The molecule has 7 heteroatoms. The fourth-order valence-corrected chi connectivity index (χ4v) is 3.73. The van der Waals surface area contributed by atoms with E-state index in [1.807, 2.05) is 54.0 Å². The molecule has 168 valence electrons. The van der Waals surface area contributed by atoms with Crippen LogP contribution in [0.15, 0.2) is 72.8 Å². The molecule has 1 aromatic heterocycles. The third kappa shape index (κ3) is 5.44. The highest BCUT2D eigenvalue weighted by molar-refractivity contribution is 5.94. The van der Waals surface area contributed by atoms with Gasteiger partial charge in [0, 0.05) is 18.5 Å². The van der Waals surface area contributed by atoms with Gasteiger partial charge in [0.05, 0.1) is 16.7 Å². The molecule has 0 saturated carbocycles. The van der Waals surface area contributed by atoms with Crippen molar-refractivity contribution in [2.24, 2.45) is 0 Å². The van der Waals surface area contributed by atoms with Gasteiger partial charge in [0.1, 0.15) is 18.2 Å². The third-order valence-corrected chi connectivity index (χ3v) is 5.33. The standard InChI is InChI=1S/C26H25FN4O2/c1-18-8-6-9-19(16-18)26(33)28-15-7-14-24-29-22-12-4-5-13-23(22)31(24)17-25(32)30-21-11-3-2-10-20(21)27/h2-6,8-13,16H,7,14-15,17H2,1H3,(H,28,33)(H,30,32). The van der Waals surface area contributed by atoms with Crippen molar-refractivity contribution in [1.82, 2.24) is 14.9 Å². The average Bonchev–Trinajstić information content (AvgIpc) is 3.15. The number of carbonyl (C=O) groups is 2. The van der Waals surface area contributed by atoms with Gasteiger partial charge in [-0.05, 0) is 49.7 Å². The molecule has 0 fully saturated rings. The number of aryl methyl sites for hydroxylation is 2. The first-order chi connectivity index (χ1) is 16.0. The average molecular weight is 445 g/mol. The highest BCUT2D eigenvalue weighted by atomic mass is 19.1. The number of para-hydroxylation sites is 3. The number of hydrogen-bond acceptors (Lipinski definition) is 3. The number of aromatic nitrogens is 2. The highest BCUT2D eigenvalue weighted by Crippen LogP contribution is 2.18. The van der Waals surface area contributed by atoms with Gasteiger partial charge in [-0.3, -0.25) is 9.59 Å². The molecule has 6 nitrogen and oxygen atoms in total. The molecule has 1 heterocycles. The number of halogens is 1. The smallest absolute Gasteiger partial charge is 0.251 e. The summed E-state index contributed by atoms with van der Waals surface area (Å²) in [6, 6.07) is 21.1. The molecule has 0 aliphatic carbocycles. The maximum atomic E-state index is 13.9. The summed E-state index contributed by atoms with van der Waals surface area (Å²) in [6.07, 6.45) is 1.24. The summed E-state index contributed by atoms with van der Waals surface area (Å²) >= 11 is 0. The van der Waals surface area contributed by atoms with E-state index in [9.17, 15) is 14.0 Å². The van der Waals surface area contributed by atoms with Crippen molar-refractivity contribution < 1.29 is 14.0 Å². The van der Waals surface area contributed by atoms with Crippen LogP contribution in [0.4, 0.5) is 10.1 Å². The normalized spacial score (nSPS) is 10.8. The number of imidazole rings is 1. The van der Waals surface area contributed by atoms with Crippen LogP contribution in [0.3, 0.4) is 0 Å². The fraction of sp³-hybridized carbons (Fsp3) is 0.192. The van der Waals surface area contributed by atoms with E-state index >= 15 is 0 Å². The van der Waals surface area contributed by atoms with Crippen molar-refractivity contribution in [3.8, 4) is 0 Å². The zero-order chi connectivity index (χ0) is 23.2. The monoisotopic (exact) mass is 444 g/mol. The van der Waals surface area contributed by atoms with Gasteiger partial charge < -0.3 is 15.2 Å². The molecule has 0 bridgehead atoms. The molecule has 0 radical (unpaired) electrons. The Morgan fingerprint density at radius 2 is 1.79 bits per heavy atom. The van der Waals surface area contributed by atoms with Gasteiger partial charge in [-0.1, -0.05) is 42.0 Å². The molecule has 0 spiro atoms. The van der Waals surface area contributed by atoms with E-state index < -0.39 is 5.82 Å². The predicted octanol–water partition coefficient (Wildman–Crippen LogP) is 4.49. The van der Waals surface area contributed by atoms with Gasteiger partial charge in [-0.2, -0.15) is 0 Å². The Balaban J connectivity index is 1.42. The molecule has 33 heavy (non-hydrogen) atoms. The molecule has 2 N–H and O–H groups in total. The number of nitrogens with zero attached hydrogens (tertiary/aromatic N) is 2. The van der Waals surface area contributed by atoms with Crippen molar-refractivity contribution in [2.75, 3.05) is 11.9 Å². The molecular formula is C26H25FN4O2. The van der Waals surface area contributed by atoms with E-state index in [0.717, 1.165) is 22.4 Å². The summed E-state index contributed by atoms with van der Waals surface area (Å²) in [5.74, 6) is -0.190. The summed E-state index contributed by atoms with van der Waals surface area (Å²) in [7, 11) is 0. The van der Waals surface area contributed by atoms with Crippen LogP contribution in [0.1, 0.15) is 28.2 Å². The Morgan fingerprint density at radius 3 is 2.61 bits per heavy atom. The largest absolute Gasteiger partial charge is 0.352 e. The lowest BCUT2D eigenvalue weighted by molar-refractivity contribution is -0.116. The van der Waals surface area contributed by atoms with E-state index in [2.05, 4.69) is 15.6 Å². The summed E-state index contributed by atoms with van der Waals surface area (Å²) in [5.41, 5.74) is 3.43. The fourth-order valence-electron chi connectivity index (χ4n) is 3.73. The Morgan fingerprint density at radius 1 is 1.00 bits per heavy atom. The summed E-state index contributed by atoms with van der Waals surface area (Å²) < 4.78 is 15.7. The quantitative estimate of drug-likeness (QED) is 0.393. The number of rotatable bonds is 8. The lowest BCUT2D eigenvalue weighted by Gasteiger charge is -2.11. The van der Waals surface area contributed by atoms with Crippen LogP contribution in [0.5, 0.6) is 0 Å². The first kappa shape index (κ1) is 22.2. The molecule has 0 atom stereocenters. The Labute approximate surface area is 191 Å². The number of hydrogen-bond donors (Lipinski definition) is 2. The number of amides is 2. The second kappa shape index (κ2) is 10.1. The van der Waals surface area contributed by atoms with Crippen molar-refractivity contribution in [3.63, 3.8) is 0 Å². The van der Waals surface area contributed by atoms with Crippen LogP contribution in [0.2, 0.25) is 0 Å². The lowest BCUT2D eigenvalue weighted by Crippen LogP contribution is -2.25. The number of fused-ring (bicyclic) bond motifs is 1. The number of anilines is 1. The minimum atomic E-state index is -0.481. The van der Waals surface area contributed by atoms with Crippen molar-refractivity contribution in [1.29, 1.82) is 0 Å². The van der Waals surface area contributed by atoms with Crippen LogP contribution in [0, 0.1) is 12.7 Å². The molecular weight excluding hydrogens is 419 g/mol. The van der Waals surface area contributed by atoms with Crippen LogP contribution < -0.4 is 10.6 Å². The summed E-state index contributed by atoms with van der Waals surface area (Å²) in [4.78, 5) is 29.7. The number of benzene rings is 3. The van der Waals surface area contributed by atoms with E-state index in [1.54, 1.807) is 18.2 Å². The van der Waals surface area contributed by atoms with Gasteiger partial charge in [-0.15, -0.1) is 0 Å². The summed E-state index contributed by atoms with van der Waals surface area (Å²) in [5, 5.41) is 5.56. The summed E-state index contributed by atoms with van der Waals surface area (Å²) in [6.45, 7) is 2.45. The topological polar surface area (TPSA) is 76.0 Å². The molecule has 4 rings (SSSR count). The van der Waals surface area contributed by atoms with Crippen molar-refractivity contribution in [3.05, 3.63) is 95.6 Å². The van der Waals surface area contributed by atoms with E-state index in [4.69, 9.17) is 0 Å². The van der Waals surface area contributed by atoms with E-state index in [-0.39, 0.29) is 24.0 Å². The number of nitrogens with one attached hydrogen (secondary N) is 2. The van der Waals surface area contributed by atoms with E-state index in [0.29, 0.717) is 24.9 Å². The van der Waals surface area contributed by atoms with Crippen LogP contribution in [-0.2, 0) is 17.8 Å². The van der Waals surface area contributed by atoms with Gasteiger partial charge in [0.25, 0.3) is 5.91 Å². The van der Waals surface area contributed by atoms with Crippen molar-refractivity contribution >= 4 is 28.5 Å². The molecule has 0 unspecified atom stereocenters. The molecule has 0 saturated heterocycles. The van der Waals surface area contributed by atoms with Crippen molar-refractivity contribution in [2.45, 2.75) is 26.3 Å². The van der Waals surface area contributed by atoms with Gasteiger partial charge in [0.2, 0.25) is 5.91 Å². The van der Waals surface area contributed by atoms with Gasteiger partial charge >= 0.3 is 0 Å². The zero-order valence-electron chi connectivity index (χ0n) is 18.3. The predicted molar refractivity (Wildman–Crippen MR) is 127 cm³/mol. The molecule has 3 aromatic carbocycles. The minimum Gasteiger partial charge on any atom is -0.352 e. The molecule has 2 amide bonds. The SMILES string of the molecule is Cc1cccc(C(=O)NCCCc2nc3ccccc3n2CC(=O)Nc2ccccc2F)c1. The Hall–Kier alpha value is -4.00. The first-order valence-electron chi connectivity index (χ1n) is 10.8. The maximum absolute atomic E-state index is 13.9. The second-order valence-corrected chi connectivity index (χ2v) is 7.86. The highest BCUT2D eigenvalue weighted by Gasteiger charge is 2.15. The Bertz CT molecular complexity index is 1300. The molecule has 0 aliphatic heterocycles. The van der Waals surface area contributed by atoms with Gasteiger partial charge in [-0.25, -0.2) is 9.37 Å². The second-order valence-electron chi connectivity index (χ2n) is 7.86. The Kier molecular flexibility index (Phi) is 6.78. The first-order valence-corrected chi connectivity index (χ1v) is 10.8. The molecule has 0 aliphatic rings. The van der Waals surface area contributed by atoms with E-state index in [1.165, 1.54) is 12.1 Å². The number of carbonyl (C=O) groups excluding carboxylic acids is 2. The lowest BCUT2D eigenvalue weighted by atomic mass is 10.1. The van der Waals surface area contributed by atoms with Crippen LogP contribution in [0.25, 0.3) is 11.0 Å². The minimum absolute atomic E-state index is 0.0137. The third-order valence-electron chi connectivity index (χ3n) is 5.33. The maximum Gasteiger partial charge on any atom is 0.251 e. The van der Waals surface area contributed by atoms with Crippen LogP contribution >= 0.6 is 0 Å². The zero-order valence-corrected chi connectivity index (χ0v) is 18.3.